The molecule has 1 unspecified atom stereocenters. The lowest BCUT2D eigenvalue weighted by molar-refractivity contribution is 0.217. The van der Waals surface area contributed by atoms with Gasteiger partial charge in [-0.15, -0.1) is 0 Å². The maximum Gasteiger partial charge on any atom is 0.244 e. The van der Waals surface area contributed by atoms with Crippen molar-refractivity contribution >= 4 is 21.6 Å². The summed E-state index contributed by atoms with van der Waals surface area (Å²) >= 11 is 5.72. The third kappa shape index (κ3) is 3.96. The molecular weight excluding hydrogens is 308 g/mol. The highest BCUT2D eigenvalue weighted by atomic mass is 35.5. The standard InChI is InChI=1S/C15H23ClN2O2S/c1-15(2,3)12-5-4-9-18(10-8-12)21(19,20)13-6-7-14(16)17-11-13/h6-7,11-12H,4-5,8-10H2,1-3H3. The molecule has 1 atom stereocenters. The Morgan fingerprint density at radius 1 is 1.24 bits per heavy atom. The minimum atomic E-state index is -3.46. The highest BCUT2D eigenvalue weighted by Crippen LogP contribution is 2.35. The van der Waals surface area contributed by atoms with Crippen molar-refractivity contribution in [3.05, 3.63) is 23.5 Å². The van der Waals surface area contributed by atoms with Gasteiger partial charge in [0.25, 0.3) is 0 Å². The lowest BCUT2D eigenvalue weighted by Crippen LogP contribution is -2.32. The fourth-order valence-corrected chi connectivity index (χ4v) is 4.39. The molecule has 1 aliphatic rings. The topological polar surface area (TPSA) is 50.3 Å². The molecule has 0 amide bonds. The normalized spacial score (nSPS) is 22.0. The SMILES string of the molecule is CC(C)(C)C1CCCN(S(=O)(=O)c2ccc(Cl)nc2)CC1. The van der Waals surface area contributed by atoms with E-state index in [9.17, 15) is 8.42 Å². The van der Waals surface area contributed by atoms with E-state index in [2.05, 4.69) is 25.8 Å². The first-order valence-electron chi connectivity index (χ1n) is 7.33. The molecule has 4 nitrogen and oxygen atoms in total. The Bertz CT molecular complexity index is 579. The van der Waals surface area contributed by atoms with Crippen LogP contribution in [0.25, 0.3) is 0 Å². The lowest BCUT2D eigenvalue weighted by Gasteiger charge is -2.29. The van der Waals surface area contributed by atoms with Gasteiger partial charge in [0.05, 0.1) is 0 Å². The molecule has 0 radical (unpaired) electrons. The van der Waals surface area contributed by atoms with Crippen LogP contribution < -0.4 is 0 Å². The number of hydrogen-bond acceptors (Lipinski definition) is 3. The van der Waals surface area contributed by atoms with Gasteiger partial charge in [-0.1, -0.05) is 32.4 Å². The third-order valence-electron chi connectivity index (χ3n) is 4.25. The Morgan fingerprint density at radius 3 is 2.52 bits per heavy atom. The Labute approximate surface area is 132 Å². The molecule has 2 heterocycles. The second-order valence-corrected chi connectivity index (χ2v) is 9.04. The van der Waals surface area contributed by atoms with Crippen LogP contribution in [0.5, 0.6) is 0 Å². The smallest absolute Gasteiger partial charge is 0.243 e. The summed E-state index contributed by atoms with van der Waals surface area (Å²) in [6, 6.07) is 3.04. The first-order valence-corrected chi connectivity index (χ1v) is 9.15. The third-order valence-corrected chi connectivity index (χ3v) is 6.36. The van der Waals surface area contributed by atoms with Crippen molar-refractivity contribution in [2.24, 2.45) is 11.3 Å². The first kappa shape index (κ1) is 16.7. The minimum absolute atomic E-state index is 0.223. The van der Waals surface area contributed by atoms with Gasteiger partial charge in [0, 0.05) is 19.3 Å². The second kappa shape index (κ2) is 6.23. The van der Waals surface area contributed by atoms with Crippen LogP contribution in [0.3, 0.4) is 0 Å². The quantitative estimate of drug-likeness (QED) is 0.779. The summed E-state index contributed by atoms with van der Waals surface area (Å²) in [7, 11) is -3.46. The van der Waals surface area contributed by atoms with E-state index < -0.39 is 10.0 Å². The molecule has 1 aromatic heterocycles. The molecule has 6 heteroatoms. The van der Waals surface area contributed by atoms with Gasteiger partial charge in [0.2, 0.25) is 10.0 Å². The lowest BCUT2D eigenvalue weighted by atomic mass is 9.77. The highest BCUT2D eigenvalue weighted by Gasteiger charge is 2.31. The maximum absolute atomic E-state index is 12.7. The Morgan fingerprint density at radius 2 is 1.95 bits per heavy atom. The number of pyridine rings is 1. The van der Waals surface area contributed by atoms with Crippen molar-refractivity contribution in [2.45, 2.75) is 44.9 Å². The highest BCUT2D eigenvalue weighted by molar-refractivity contribution is 7.89. The van der Waals surface area contributed by atoms with Crippen molar-refractivity contribution in [1.29, 1.82) is 0 Å². The molecule has 0 aromatic carbocycles. The molecule has 0 bridgehead atoms. The summed E-state index contributed by atoms with van der Waals surface area (Å²) in [5.74, 6) is 0.557. The summed E-state index contributed by atoms with van der Waals surface area (Å²) in [6.07, 6.45) is 4.23. The molecule has 2 rings (SSSR count). The number of halogens is 1. The van der Waals surface area contributed by atoms with Crippen molar-refractivity contribution in [3.63, 3.8) is 0 Å². The fourth-order valence-electron chi connectivity index (χ4n) is 2.84. The van der Waals surface area contributed by atoms with E-state index in [4.69, 9.17) is 11.6 Å². The zero-order valence-corrected chi connectivity index (χ0v) is 14.4. The Hall–Kier alpha value is -0.650. The summed E-state index contributed by atoms with van der Waals surface area (Å²) in [4.78, 5) is 4.10. The van der Waals surface area contributed by atoms with Crippen molar-refractivity contribution < 1.29 is 8.42 Å². The maximum atomic E-state index is 12.7. The molecular formula is C15H23ClN2O2S. The summed E-state index contributed by atoms with van der Waals surface area (Å²) < 4.78 is 26.9. The van der Waals surface area contributed by atoms with Crippen LogP contribution in [0.2, 0.25) is 5.15 Å². The van der Waals surface area contributed by atoms with E-state index in [1.807, 2.05) is 0 Å². The predicted molar refractivity (Wildman–Crippen MR) is 84.8 cm³/mol. The fraction of sp³-hybridized carbons (Fsp3) is 0.667. The minimum Gasteiger partial charge on any atom is -0.243 e. The Kier molecular flexibility index (Phi) is 4.96. The van der Waals surface area contributed by atoms with Crippen molar-refractivity contribution in [1.82, 2.24) is 9.29 Å². The van der Waals surface area contributed by atoms with Crippen LogP contribution in [0.1, 0.15) is 40.0 Å². The van der Waals surface area contributed by atoms with Crippen LogP contribution in [0.4, 0.5) is 0 Å². The van der Waals surface area contributed by atoms with Crippen LogP contribution in [0, 0.1) is 11.3 Å². The van der Waals surface area contributed by atoms with Gasteiger partial charge in [0.1, 0.15) is 10.0 Å². The van der Waals surface area contributed by atoms with Crippen LogP contribution in [-0.4, -0.2) is 30.8 Å². The monoisotopic (exact) mass is 330 g/mol. The van der Waals surface area contributed by atoms with E-state index >= 15 is 0 Å². The largest absolute Gasteiger partial charge is 0.244 e. The molecule has 1 aromatic rings. The van der Waals surface area contributed by atoms with Gasteiger partial charge in [-0.2, -0.15) is 4.31 Å². The number of nitrogens with zero attached hydrogens (tertiary/aromatic N) is 2. The first-order chi connectivity index (χ1) is 9.71. The zero-order chi connectivity index (χ0) is 15.7. The zero-order valence-electron chi connectivity index (χ0n) is 12.8. The van der Waals surface area contributed by atoms with E-state index in [1.54, 1.807) is 4.31 Å². The molecule has 0 aliphatic carbocycles. The summed E-state index contributed by atoms with van der Waals surface area (Å²) in [5.41, 5.74) is 0.224. The van der Waals surface area contributed by atoms with Crippen molar-refractivity contribution in [3.8, 4) is 0 Å². The van der Waals surface area contributed by atoms with Gasteiger partial charge in [-0.3, -0.25) is 0 Å². The molecule has 1 fully saturated rings. The second-order valence-electron chi connectivity index (χ2n) is 6.71. The van der Waals surface area contributed by atoms with Gasteiger partial charge >= 0.3 is 0 Å². The average Bonchev–Trinajstić information content (AvgIpc) is 2.64. The summed E-state index contributed by atoms with van der Waals surface area (Å²) in [6.45, 7) is 7.84. The van der Waals surface area contributed by atoms with Gasteiger partial charge in [-0.05, 0) is 42.7 Å². The Balaban J connectivity index is 2.16. The van der Waals surface area contributed by atoms with Crippen LogP contribution >= 0.6 is 11.6 Å². The number of hydrogen-bond donors (Lipinski definition) is 0. The van der Waals surface area contributed by atoms with E-state index in [0.29, 0.717) is 24.2 Å². The molecule has 1 saturated heterocycles. The van der Waals surface area contributed by atoms with Crippen LogP contribution in [0.15, 0.2) is 23.2 Å². The van der Waals surface area contributed by atoms with Gasteiger partial charge in [-0.25, -0.2) is 13.4 Å². The predicted octanol–water partition coefficient (Wildman–Crippen LogP) is 3.57. The van der Waals surface area contributed by atoms with Crippen molar-refractivity contribution in [2.75, 3.05) is 13.1 Å². The average molecular weight is 331 g/mol. The van der Waals surface area contributed by atoms with Gasteiger partial charge in [0.15, 0.2) is 0 Å². The molecule has 118 valence electrons. The number of aromatic nitrogens is 1. The van der Waals surface area contributed by atoms with E-state index in [-0.39, 0.29) is 10.3 Å². The molecule has 1 aliphatic heterocycles. The molecule has 0 spiro atoms. The van der Waals surface area contributed by atoms with E-state index in [0.717, 1.165) is 19.3 Å². The molecule has 21 heavy (non-hydrogen) atoms. The number of sulfonamides is 1. The van der Waals surface area contributed by atoms with Crippen LogP contribution in [-0.2, 0) is 10.0 Å². The molecule has 0 saturated carbocycles. The summed E-state index contributed by atoms with van der Waals surface area (Å²) in [5, 5.41) is 0.303. The number of rotatable bonds is 2. The molecule has 0 N–H and O–H groups in total. The van der Waals surface area contributed by atoms with E-state index in [1.165, 1.54) is 18.3 Å². The van der Waals surface area contributed by atoms with Gasteiger partial charge < -0.3 is 0 Å².